The van der Waals surface area contributed by atoms with E-state index in [1.165, 1.54) is 0 Å². The first kappa shape index (κ1) is 16.6. The van der Waals surface area contributed by atoms with Gasteiger partial charge in [0.05, 0.1) is 26.8 Å². The molecule has 0 amide bonds. The highest BCUT2D eigenvalue weighted by atomic mass is 16.5. The average molecular weight is 373 g/mol. The van der Waals surface area contributed by atoms with Gasteiger partial charge in [0, 0.05) is 21.5 Å². The summed E-state index contributed by atoms with van der Waals surface area (Å²) in [7, 11) is 4.82. The van der Waals surface area contributed by atoms with Gasteiger partial charge in [-0.25, -0.2) is 0 Å². The van der Waals surface area contributed by atoms with Crippen molar-refractivity contribution < 1.29 is 19.3 Å². The first-order chi connectivity index (χ1) is 13.7. The third kappa shape index (κ3) is 2.01. The number of aromatic hydroxyl groups is 1. The summed E-state index contributed by atoms with van der Waals surface area (Å²) in [5, 5.41) is 17.5. The smallest absolute Gasteiger partial charge is 0.235 e. The van der Waals surface area contributed by atoms with Crippen molar-refractivity contribution in [3.63, 3.8) is 0 Å². The first-order valence-corrected chi connectivity index (χ1v) is 8.96. The number of benzene rings is 4. The summed E-state index contributed by atoms with van der Waals surface area (Å²) < 4.78 is 16.6. The summed E-state index contributed by atoms with van der Waals surface area (Å²) in [5.74, 6) is 1.88. The summed E-state index contributed by atoms with van der Waals surface area (Å²) in [4.78, 5) is 3.31. The Balaban J connectivity index is 2.02. The van der Waals surface area contributed by atoms with E-state index in [4.69, 9.17) is 14.2 Å². The number of hydrogen-bond acceptors (Lipinski definition) is 4. The number of phenols is 1. The molecule has 0 bridgehead atoms. The monoisotopic (exact) mass is 373 g/mol. The van der Waals surface area contributed by atoms with Crippen LogP contribution in [0.15, 0.2) is 48.5 Å². The number of ether oxygens (including phenoxy) is 3. The summed E-state index contributed by atoms with van der Waals surface area (Å²) in [6, 6.07) is 16.0. The van der Waals surface area contributed by atoms with E-state index in [0.29, 0.717) is 17.4 Å². The third-order valence-electron chi connectivity index (χ3n) is 5.42. The molecular formula is C23H19NO4. The second-order valence-electron chi connectivity index (χ2n) is 6.69. The summed E-state index contributed by atoms with van der Waals surface area (Å²) in [6.07, 6.45) is 0. The Labute approximate surface area is 161 Å². The average Bonchev–Trinajstić information content (AvgIpc) is 3.12. The minimum Gasteiger partial charge on any atom is -0.504 e. The quantitative estimate of drug-likeness (QED) is 0.418. The molecule has 5 nitrogen and oxygen atoms in total. The summed E-state index contributed by atoms with van der Waals surface area (Å²) in [5.41, 5.74) is 0.919. The lowest BCUT2D eigenvalue weighted by Gasteiger charge is -2.14. The second-order valence-corrected chi connectivity index (χ2v) is 6.69. The molecule has 0 spiro atoms. The zero-order valence-corrected chi connectivity index (χ0v) is 15.8. The van der Waals surface area contributed by atoms with Gasteiger partial charge >= 0.3 is 0 Å². The molecule has 4 aromatic carbocycles. The Morgan fingerprint density at radius 3 is 1.93 bits per heavy atom. The highest BCUT2D eigenvalue weighted by Crippen LogP contribution is 2.47. The van der Waals surface area contributed by atoms with E-state index >= 15 is 0 Å². The van der Waals surface area contributed by atoms with Crippen LogP contribution in [0.1, 0.15) is 0 Å². The van der Waals surface area contributed by atoms with Crippen molar-refractivity contribution in [2.24, 2.45) is 0 Å². The van der Waals surface area contributed by atoms with Gasteiger partial charge in [0.2, 0.25) is 5.88 Å². The fourth-order valence-electron chi connectivity index (χ4n) is 4.20. The molecule has 5 aromatic rings. The van der Waals surface area contributed by atoms with Crippen LogP contribution >= 0.6 is 0 Å². The highest BCUT2D eigenvalue weighted by Gasteiger charge is 2.20. The van der Waals surface area contributed by atoms with E-state index in [1.54, 1.807) is 21.3 Å². The fourth-order valence-corrected chi connectivity index (χ4v) is 4.20. The molecule has 28 heavy (non-hydrogen) atoms. The number of phenolic OH excluding ortho intramolecular Hbond substituents is 1. The van der Waals surface area contributed by atoms with Crippen molar-refractivity contribution in [3.05, 3.63) is 48.5 Å². The lowest BCUT2D eigenvalue weighted by molar-refractivity contribution is 0.351. The van der Waals surface area contributed by atoms with Crippen molar-refractivity contribution in [1.29, 1.82) is 0 Å². The van der Waals surface area contributed by atoms with Crippen molar-refractivity contribution in [2.45, 2.75) is 0 Å². The maximum absolute atomic E-state index is 10.9. The molecule has 0 atom stereocenters. The Morgan fingerprint density at radius 1 is 0.643 bits per heavy atom. The van der Waals surface area contributed by atoms with E-state index in [1.807, 2.05) is 36.4 Å². The van der Waals surface area contributed by atoms with Gasteiger partial charge in [-0.1, -0.05) is 42.5 Å². The highest BCUT2D eigenvalue weighted by molar-refractivity contribution is 6.25. The molecule has 0 radical (unpaired) electrons. The molecule has 0 saturated heterocycles. The van der Waals surface area contributed by atoms with Crippen molar-refractivity contribution in [2.75, 3.05) is 21.3 Å². The normalized spacial score (nSPS) is 11.5. The minimum atomic E-state index is 0.153. The topological polar surface area (TPSA) is 63.7 Å². The Kier molecular flexibility index (Phi) is 3.52. The van der Waals surface area contributed by atoms with E-state index in [-0.39, 0.29) is 5.75 Å². The van der Waals surface area contributed by atoms with Crippen LogP contribution in [-0.4, -0.2) is 31.4 Å². The lowest BCUT2D eigenvalue weighted by atomic mass is 9.94. The molecule has 5 heteroatoms. The van der Waals surface area contributed by atoms with Crippen molar-refractivity contribution in [3.8, 4) is 23.1 Å². The summed E-state index contributed by atoms with van der Waals surface area (Å²) in [6.45, 7) is 0. The maximum Gasteiger partial charge on any atom is 0.235 e. The molecule has 140 valence electrons. The van der Waals surface area contributed by atoms with Gasteiger partial charge in [-0.05, 0) is 22.2 Å². The zero-order chi connectivity index (χ0) is 19.4. The van der Waals surface area contributed by atoms with Crippen LogP contribution in [0.25, 0.3) is 43.2 Å². The van der Waals surface area contributed by atoms with Crippen LogP contribution < -0.4 is 14.2 Å². The Morgan fingerprint density at radius 2 is 1.25 bits per heavy atom. The predicted octanol–water partition coefficient (Wildman–Crippen LogP) is 5.36. The number of H-pyrrole nitrogens is 1. The second kappa shape index (κ2) is 5.96. The standard InChI is InChI=1S/C23H19NO4/c1-26-21-17-11-9-14-15(19(17)24-23(21)28-3)10-8-13-12-6-4-5-7-16(12)20(25)22(27-2)18(13)14/h4-11,24-25H,1-3H3. The third-order valence-corrected chi connectivity index (χ3v) is 5.42. The van der Waals surface area contributed by atoms with Crippen LogP contribution in [0, 0.1) is 0 Å². The van der Waals surface area contributed by atoms with Gasteiger partial charge in [-0.15, -0.1) is 0 Å². The van der Waals surface area contributed by atoms with Crippen molar-refractivity contribution >= 4 is 43.2 Å². The SMILES string of the molecule is COc1[nH]c2c(ccc3c2ccc2c4ccccc4c(O)c(OC)c23)c1OC. The minimum absolute atomic E-state index is 0.153. The molecule has 0 fully saturated rings. The molecule has 0 unspecified atom stereocenters. The van der Waals surface area contributed by atoms with Gasteiger partial charge in [0.1, 0.15) is 0 Å². The molecule has 0 aliphatic heterocycles. The largest absolute Gasteiger partial charge is 0.504 e. The summed E-state index contributed by atoms with van der Waals surface area (Å²) >= 11 is 0. The van der Waals surface area contributed by atoms with E-state index in [9.17, 15) is 5.11 Å². The zero-order valence-electron chi connectivity index (χ0n) is 15.8. The number of aromatic amines is 1. The Hall–Kier alpha value is -3.60. The van der Waals surface area contributed by atoms with Crippen molar-refractivity contribution in [1.82, 2.24) is 4.98 Å². The van der Waals surface area contributed by atoms with E-state index in [2.05, 4.69) is 17.1 Å². The molecule has 0 aliphatic rings. The maximum atomic E-state index is 10.9. The van der Waals surface area contributed by atoms with E-state index in [0.717, 1.165) is 43.2 Å². The molecule has 5 rings (SSSR count). The van der Waals surface area contributed by atoms with Gasteiger partial charge in [0.15, 0.2) is 17.2 Å². The molecule has 1 aromatic heterocycles. The van der Waals surface area contributed by atoms with Crippen LogP contribution in [0.2, 0.25) is 0 Å². The molecule has 1 heterocycles. The number of aromatic nitrogens is 1. The number of hydrogen-bond donors (Lipinski definition) is 2. The van der Waals surface area contributed by atoms with Gasteiger partial charge < -0.3 is 24.3 Å². The Bertz CT molecular complexity index is 1380. The van der Waals surface area contributed by atoms with Crippen LogP contribution in [0.5, 0.6) is 23.1 Å². The lowest BCUT2D eigenvalue weighted by Crippen LogP contribution is -1.90. The predicted molar refractivity (Wildman–Crippen MR) is 112 cm³/mol. The first-order valence-electron chi connectivity index (χ1n) is 8.96. The number of methoxy groups -OCH3 is 3. The van der Waals surface area contributed by atoms with Crippen LogP contribution in [0.4, 0.5) is 0 Å². The number of nitrogens with one attached hydrogen (secondary N) is 1. The molecule has 0 aliphatic carbocycles. The van der Waals surface area contributed by atoms with Crippen LogP contribution in [0.3, 0.4) is 0 Å². The molecule has 0 saturated carbocycles. The molecular weight excluding hydrogens is 354 g/mol. The van der Waals surface area contributed by atoms with Gasteiger partial charge in [0.25, 0.3) is 0 Å². The van der Waals surface area contributed by atoms with Crippen LogP contribution in [-0.2, 0) is 0 Å². The van der Waals surface area contributed by atoms with Gasteiger partial charge in [-0.3, -0.25) is 0 Å². The number of fused-ring (bicyclic) bond motifs is 7. The fraction of sp³-hybridized carbons (Fsp3) is 0.130. The number of rotatable bonds is 3. The van der Waals surface area contributed by atoms with E-state index < -0.39 is 0 Å². The van der Waals surface area contributed by atoms with Gasteiger partial charge in [-0.2, -0.15) is 0 Å². The molecule has 2 N–H and O–H groups in total.